The first kappa shape index (κ1) is 14.9. The van der Waals surface area contributed by atoms with Crippen LogP contribution in [-0.4, -0.2) is 27.7 Å². The second kappa shape index (κ2) is 6.09. The van der Waals surface area contributed by atoms with Crippen molar-refractivity contribution in [1.29, 1.82) is 0 Å². The summed E-state index contributed by atoms with van der Waals surface area (Å²) in [6.45, 7) is 1.62. The highest BCUT2D eigenvalue weighted by Crippen LogP contribution is 2.26. The van der Waals surface area contributed by atoms with Crippen LogP contribution in [0.1, 0.15) is 16.8 Å². The van der Waals surface area contributed by atoms with Gasteiger partial charge in [0.2, 0.25) is 5.95 Å². The van der Waals surface area contributed by atoms with Crippen LogP contribution in [0.3, 0.4) is 0 Å². The first-order chi connectivity index (χ1) is 11.7. The van der Waals surface area contributed by atoms with Gasteiger partial charge < -0.3 is 4.90 Å². The highest BCUT2D eigenvalue weighted by molar-refractivity contribution is 8.18. The lowest BCUT2D eigenvalue weighted by molar-refractivity contribution is -0.115. The molecular formula is C17H14N4O2S. The van der Waals surface area contributed by atoms with E-state index >= 15 is 0 Å². The Hall–Kier alpha value is -2.67. The van der Waals surface area contributed by atoms with Gasteiger partial charge in [-0.3, -0.25) is 14.9 Å². The van der Waals surface area contributed by atoms with Crippen molar-refractivity contribution < 1.29 is 9.59 Å². The fourth-order valence-electron chi connectivity index (χ4n) is 2.82. The molecule has 2 aromatic rings. The SMILES string of the molecule is O=C1NC(=O)C(=Cc2ccnc(N3CCc4ccccc4C3)n2)S1. The standard InChI is InChI=1S/C17H14N4O2S/c22-15-14(24-17(23)20-15)9-13-5-7-18-16(19-13)21-8-6-11-3-1-2-4-12(11)10-21/h1-5,7,9H,6,8,10H2,(H,20,22,23). The molecule has 6 nitrogen and oxygen atoms in total. The van der Waals surface area contributed by atoms with Crippen molar-refractivity contribution in [2.24, 2.45) is 0 Å². The van der Waals surface area contributed by atoms with Crippen LogP contribution in [0.5, 0.6) is 0 Å². The number of hydrogen-bond acceptors (Lipinski definition) is 6. The maximum absolute atomic E-state index is 11.6. The topological polar surface area (TPSA) is 75.2 Å². The molecule has 0 unspecified atom stereocenters. The third-order valence-electron chi connectivity index (χ3n) is 4.00. The minimum atomic E-state index is -0.378. The summed E-state index contributed by atoms with van der Waals surface area (Å²) < 4.78 is 0. The molecule has 0 radical (unpaired) electrons. The van der Waals surface area contributed by atoms with E-state index in [2.05, 4.69) is 38.4 Å². The van der Waals surface area contributed by atoms with Crippen LogP contribution in [0.15, 0.2) is 41.4 Å². The quantitative estimate of drug-likeness (QED) is 0.847. The van der Waals surface area contributed by atoms with E-state index in [1.165, 1.54) is 11.1 Å². The van der Waals surface area contributed by atoms with Gasteiger partial charge in [0.25, 0.3) is 11.1 Å². The van der Waals surface area contributed by atoms with Crippen molar-refractivity contribution in [3.05, 3.63) is 58.3 Å². The molecule has 1 N–H and O–H groups in total. The maximum Gasteiger partial charge on any atom is 0.290 e. The summed E-state index contributed by atoms with van der Waals surface area (Å²) in [6.07, 6.45) is 4.25. The Morgan fingerprint density at radius 3 is 2.79 bits per heavy atom. The van der Waals surface area contributed by atoms with Gasteiger partial charge in [0, 0.05) is 19.3 Å². The summed E-state index contributed by atoms with van der Waals surface area (Å²) in [6, 6.07) is 10.1. The molecule has 2 aliphatic rings. The summed E-state index contributed by atoms with van der Waals surface area (Å²) >= 11 is 0.888. The van der Waals surface area contributed by atoms with Crippen LogP contribution in [0.25, 0.3) is 6.08 Å². The Labute approximate surface area is 143 Å². The summed E-state index contributed by atoms with van der Waals surface area (Å²) in [7, 11) is 0. The monoisotopic (exact) mass is 338 g/mol. The molecule has 24 heavy (non-hydrogen) atoms. The summed E-state index contributed by atoms with van der Waals surface area (Å²) in [5, 5.41) is 1.89. The average Bonchev–Trinajstić information content (AvgIpc) is 2.92. The number of rotatable bonds is 2. The number of carbonyl (C=O) groups is 2. The molecule has 1 saturated heterocycles. The molecule has 0 bridgehead atoms. The van der Waals surface area contributed by atoms with E-state index in [0.717, 1.165) is 31.3 Å². The average molecular weight is 338 g/mol. The number of nitrogens with one attached hydrogen (secondary N) is 1. The van der Waals surface area contributed by atoms with Gasteiger partial charge in [-0.05, 0) is 41.5 Å². The lowest BCUT2D eigenvalue weighted by atomic mass is 10.0. The molecule has 0 spiro atoms. The molecule has 2 amide bonds. The number of aromatic nitrogens is 2. The van der Waals surface area contributed by atoms with E-state index in [0.29, 0.717) is 16.5 Å². The predicted octanol–water partition coefficient (Wildman–Crippen LogP) is 2.36. The van der Waals surface area contributed by atoms with Crippen molar-refractivity contribution in [1.82, 2.24) is 15.3 Å². The Bertz CT molecular complexity index is 865. The molecule has 0 atom stereocenters. The van der Waals surface area contributed by atoms with Crippen LogP contribution < -0.4 is 10.2 Å². The van der Waals surface area contributed by atoms with Gasteiger partial charge in [-0.25, -0.2) is 9.97 Å². The van der Waals surface area contributed by atoms with Crippen LogP contribution >= 0.6 is 11.8 Å². The van der Waals surface area contributed by atoms with Crippen LogP contribution in [0, 0.1) is 0 Å². The lowest BCUT2D eigenvalue weighted by Gasteiger charge is -2.28. The number of anilines is 1. The van der Waals surface area contributed by atoms with Crippen LogP contribution in [0.2, 0.25) is 0 Å². The molecule has 2 aliphatic heterocycles. The number of imide groups is 1. The largest absolute Gasteiger partial charge is 0.336 e. The molecule has 1 aromatic heterocycles. The van der Waals surface area contributed by atoms with E-state index < -0.39 is 0 Å². The van der Waals surface area contributed by atoms with E-state index in [-0.39, 0.29) is 11.1 Å². The number of benzene rings is 1. The number of amides is 2. The lowest BCUT2D eigenvalue weighted by Crippen LogP contribution is -2.31. The Kier molecular flexibility index (Phi) is 3.78. The second-order valence-electron chi connectivity index (χ2n) is 5.57. The molecule has 0 saturated carbocycles. The first-order valence-corrected chi connectivity index (χ1v) is 8.40. The Morgan fingerprint density at radius 2 is 2.00 bits per heavy atom. The number of thioether (sulfide) groups is 1. The van der Waals surface area contributed by atoms with E-state index in [9.17, 15) is 9.59 Å². The minimum absolute atomic E-state index is 0.354. The normalized spacial score (nSPS) is 18.7. The number of fused-ring (bicyclic) bond motifs is 1. The van der Waals surface area contributed by atoms with Crippen LogP contribution in [-0.2, 0) is 17.8 Å². The van der Waals surface area contributed by atoms with E-state index in [4.69, 9.17) is 0 Å². The third kappa shape index (κ3) is 2.90. The molecule has 120 valence electrons. The third-order valence-corrected chi connectivity index (χ3v) is 4.81. The Morgan fingerprint density at radius 1 is 1.17 bits per heavy atom. The highest BCUT2D eigenvalue weighted by Gasteiger charge is 2.25. The zero-order valence-corrected chi connectivity index (χ0v) is 13.5. The molecule has 4 rings (SSSR count). The number of nitrogens with zero attached hydrogens (tertiary/aromatic N) is 3. The molecule has 3 heterocycles. The van der Waals surface area contributed by atoms with Gasteiger partial charge in [0.1, 0.15) is 0 Å². The van der Waals surface area contributed by atoms with Gasteiger partial charge in [-0.15, -0.1) is 0 Å². The van der Waals surface area contributed by atoms with Crippen LogP contribution in [0.4, 0.5) is 10.7 Å². The van der Waals surface area contributed by atoms with Crippen molar-refractivity contribution in [2.45, 2.75) is 13.0 Å². The van der Waals surface area contributed by atoms with Crippen molar-refractivity contribution in [3.8, 4) is 0 Å². The molecule has 0 aliphatic carbocycles. The number of hydrogen-bond donors (Lipinski definition) is 1. The summed E-state index contributed by atoms with van der Waals surface area (Å²) in [5.41, 5.74) is 3.27. The van der Waals surface area contributed by atoms with Crippen molar-refractivity contribution in [2.75, 3.05) is 11.4 Å². The van der Waals surface area contributed by atoms with Gasteiger partial charge in [-0.2, -0.15) is 0 Å². The zero-order valence-electron chi connectivity index (χ0n) is 12.7. The summed E-state index contributed by atoms with van der Waals surface area (Å²) in [5.74, 6) is 0.255. The smallest absolute Gasteiger partial charge is 0.290 e. The summed E-state index contributed by atoms with van der Waals surface area (Å²) in [4.78, 5) is 34.2. The Balaban J connectivity index is 1.59. The number of carbonyl (C=O) groups excluding carboxylic acids is 2. The second-order valence-corrected chi connectivity index (χ2v) is 6.59. The molecule has 1 fully saturated rings. The fourth-order valence-corrected chi connectivity index (χ4v) is 3.48. The highest BCUT2D eigenvalue weighted by atomic mass is 32.2. The molecule has 1 aromatic carbocycles. The predicted molar refractivity (Wildman–Crippen MR) is 92.3 cm³/mol. The molecule has 7 heteroatoms. The fraction of sp³-hybridized carbons (Fsp3) is 0.176. The van der Waals surface area contributed by atoms with Crippen molar-refractivity contribution >= 4 is 34.9 Å². The van der Waals surface area contributed by atoms with Gasteiger partial charge in [0.05, 0.1) is 10.6 Å². The van der Waals surface area contributed by atoms with Gasteiger partial charge in [0.15, 0.2) is 0 Å². The van der Waals surface area contributed by atoms with Gasteiger partial charge in [-0.1, -0.05) is 24.3 Å². The van der Waals surface area contributed by atoms with Gasteiger partial charge >= 0.3 is 0 Å². The zero-order chi connectivity index (χ0) is 16.5. The first-order valence-electron chi connectivity index (χ1n) is 7.59. The van der Waals surface area contributed by atoms with E-state index in [1.54, 1.807) is 18.3 Å². The van der Waals surface area contributed by atoms with Crippen molar-refractivity contribution in [3.63, 3.8) is 0 Å². The maximum atomic E-state index is 11.6. The minimum Gasteiger partial charge on any atom is -0.336 e. The molecular weight excluding hydrogens is 324 g/mol. The van der Waals surface area contributed by atoms with E-state index in [1.807, 2.05) is 6.07 Å².